The van der Waals surface area contributed by atoms with Crippen LogP contribution < -0.4 is 0 Å². The smallest absolute Gasteiger partial charge is 0.338 e. The summed E-state index contributed by atoms with van der Waals surface area (Å²) in [6.07, 6.45) is 0.276. The topological polar surface area (TPSA) is 43.4 Å². The fraction of sp³-hybridized carbons (Fsp3) is 0.273. The Hall–Kier alpha value is -1.64. The maximum absolute atomic E-state index is 11.3. The van der Waals surface area contributed by atoms with Crippen molar-refractivity contribution in [2.45, 2.75) is 13.3 Å². The van der Waals surface area contributed by atoms with Crippen molar-refractivity contribution in [2.24, 2.45) is 0 Å². The third kappa shape index (κ3) is 3.39. The molecule has 0 spiro atoms. The number of benzene rings is 1. The second kappa shape index (κ2) is 5.17. The summed E-state index contributed by atoms with van der Waals surface area (Å²) in [6.45, 7) is 1.62. The van der Waals surface area contributed by atoms with Crippen molar-refractivity contribution in [2.75, 3.05) is 6.61 Å². The molecule has 3 heteroatoms. The molecule has 0 unspecified atom stereocenters. The first-order chi connectivity index (χ1) is 6.70. The van der Waals surface area contributed by atoms with Crippen LogP contribution in [0, 0.1) is 0 Å². The molecule has 3 nitrogen and oxygen atoms in total. The summed E-state index contributed by atoms with van der Waals surface area (Å²) < 4.78 is 4.88. The summed E-state index contributed by atoms with van der Waals surface area (Å²) in [4.78, 5) is 21.9. The van der Waals surface area contributed by atoms with Gasteiger partial charge in [-0.25, -0.2) is 4.79 Å². The van der Waals surface area contributed by atoms with E-state index in [1.807, 2.05) is 6.07 Å². The van der Waals surface area contributed by atoms with E-state index in [0.717, 1.165) is 0 Å². The molecule has 0 amide bonds. The molecule has 0 aromatic heterocycles. The van der Waals surface area contributed by atoms with Crippen molar-refractivity contribution in [3.05, 3.63) is 35.9 Å². The first-order valence-electron chi connectivity index (χ1n) is 4.42. The van der Waals surface area contributed by atoms with Gasteiger partial charge in [0.1, 0.15) is 5.78 Å². The molecule has 0 fully saturated rings. The number of Topliss-reactive ketones (excluding diaryl/α,β-unsaturated/α-hetero) is 1. The van der Waals surface area contributed by atoms with Crippen LogP contribution in [-0.2, 0) is 9.53 Å². The van der Waals surface area contributed by atoms with Crippen LogP contribution in [0.3, 0.4) is 0 Å². The third-order valence-electron chi connectivity index (χ3n) is 1.70. The lowest BCUT2D eigenvalue weighted by Crippen LogP contribution is -2.08. The zero-order valence-electron chi connectivity index (χ0n) is 8.03. The Morgan fingerprint density at radius 2 is 1.86 bits per heavy atom. The highest BCUT2D eigenvalue weighted by molar-refractivity contribution is 5.89. The molecule has 0 aliphatic heterocycles. The zero-order chi connectivity index (χ0) is 10.4. The van der Waals surface area contributed by atoms with E-state index >= 15 is 0 Å². The molecule has 14 heavy (non-hydrogen) atoms. The van der Waals surface area contributed by atoms with Crippen LogP contribution >= 0.6 is 0 Å². The zero-order valence-corrected chi connectivity index (χ0v) is 8.03. The second-order valence-corrected chi connectivity index (χ2v) is 2.95. The van der Waals surface area contributed by atoms with Crippen molar-refractivity contribution >= 4 is 11.8 Å². The molecule has 0 radical (unpaired) electrons. The number of ketones is 1. The van der Waals surface area contributed by atoms with E-state index in [0.29, 0.717) is 5.56 Å². The van der Waals surface area contributed by atoms with Crippen LogP contribution in [-0.4, -0.2) is 18.4 Å². The highest BCUT2D eigenvalue weighted by atomic mass is 16.5. The number of ether oxygens (including phenoxy) is 1. The van der Waals surface area contributed by atoms with Gasteiger partial charge < -0.3 is 4.74 Å². The van der Waals surface area contributed by atoms with E-state index in [1.54, 1.807) is 24.3 Å². The van der Waals surface area contributed by atoms with Crippen molar-refractivity contribution in [1.29, 1.82) is 0 Å². The maximum Gasteiger partial charge on any atom is 0.338 e. The normalized spacial score (nSPS) is 9.50. The summed E-state index contributed by atoms with van der Waals surface area (Å²) in [6, 6.07) is 8.71. The van der Waals surface area contributed by atoms with Crippen molar-refractivity contribution in [1.82, 2.24) is 0 Å². The summed E-state index contributed by atoms with van der Waals surface area (Å²) in [7, 11) is 0. The minimum atomic E-state index is -0.383. The number of esters is 1. The monoisotopic (exact) mass is 192 g/mol. The molecular weight excluding hydrogens is 180 g/mol. The van der Waals surface area contributed by atoms with Crippen LogP contribution in [0.1, 0.15) is 23.7 Å². The highest BCUT2D eigenvalue weighted by Gasteiger charge is 2.05. The summed E-state index contributed by atoms with van der Waals surface area (Å²) in [5.74, 6) is -0.363. The average molecular weight is 192 g/mol. The summed E-state index contributed by atoms with van der Waals surface area (Å²) >= 11 is 0. The van der Waals surface area contributed by atoms with Gasteiger partial charge in [0, 0.05) is 6.42 Å². The van der Waals surface area contributed by atoms with Gasteiger partial charge >= 0.3 is 5.97 Å². The van der Waals surface area contributed by atoms with Crippen LogP contribution in [0.2, 0.25) is 0 Å². The summed E-state index contributed by atoms with van der Waals surface area (Å²) in [5.41, 5.74) is 0.510. The first kappa shape index (κ1) is 10.4. The maximum atomic E-state index is 11.3. The molecule has 0 bridgehead atoms. The number of rotatable bonds is 4. The molecule has 1 rings (SSSR count). The first-order valence-corrected chi connectivity index (χ1v) is 4.42. The molecule has 0 atom stereocenters. The number of hydrogen-bond donors (Lipinski definition) is 0. The predicted molar refractivity (Wildman–Crippen MR) is 52.0 cm³/mol. The van der Waals surface area contributed by atoms with Crippen LogP contribution in [0.4, 0.5) is 0 Å². The lowest BCUT2D eigenvalue weighted by atomic mass is 10.2. The molecule has 0 saturated heterocycles. The molecule has 0 N–H and O–H groups in total. The van der Waals surface area contributed by atoms with Gasteiger partial charge in [0.05, 0.1) is 12.2 Å². The Morgan fingerprint density at radius 1 is 1.21 bits per heavy atom. The Labute approximate surface area is 82.7 Å². The van der Waals surface area contributed by atoms with Crippen molar-refractivity contribution in [3.8, 4) is 0 Å². The third-order valence-corrected chi connectivity index (χ3v) is 1.70. The van der Waals surface area contributed by atoms with E-state index in [9.17, 15) is 9.59 Å². The van der Waals surface area contributed by atoms with Gasteiger partial charge in [0.15, 0.2) is 0 Å². The SMILES string of the molecule is CC(=O)CCOC(=O)c1ccccc1. The van der Waals surface area contributed by atoms with Gasteiger partial charge in [0.2, 0.25) is 0 Å². The van der Waals surface area contributed by atoms with Crippen molar-refractivity contribution in [3.63, 3.8) is 0 Å². The number of carbonyl (C=O) groups is 2. The number of carbonyl (C=O) groups excluding carboxylic acids is 2. The molecule has 74 valence electrons. The predicted octanol–water partition coefficient (Wildman–Crippen LogP) is 1.82. The molecule has 0 aliphatic rings. The quantitative estimate of drug-likeness (QED) is 0.683. The van der Waals surface area contributed by atoms with Gasteiger partial charge in [0.25, 0.3) is 0 Å². The Kier molecular flexibility index (Phi) is 3.85. The van der Waals surface area contributed by atoms with Crippen LogP contribution in [0.15, 0.2) is 30.3 Å². The Morgan fingerprint density at radius 3 is 2.43 bits per heavy atom. The Bertz CT molecular complexity index is 317. The van der Waals surface area contributed by atoms with Crippen molar-refractivity contribution < 1.29 is 14.3 Å². The molecule has 1 aromatic rings. The second-order valence-electron chi connectivity index (χ2n) is 2.95. The van der Waals surface area contributed by atoms with Gasteiger partial charge in [-0.1, -0.05) is 18.2 Å². The highest BCUT2D eigenvalue weighted by Crippen LogP contribution is 2.01. The van der Waals surface area contributed by atoms with Gasteiger partial charge in [-0.3, -0.25) is 4.79 Å². The molecule has 0 aliphatic carbocycles. The molecule has 1 aromatic carbocycles. The minimum absolute atomic E-state index is 0.0193. The van der Waals surface area contributed by atoms with Gasteiger partial charge in [-0.2, -0.15) is 0 Å². The fourth-order valence-electron chi connectivity index (χ4n) is 0.945. The average Bonchev–Trinajstić information content (AvgIpc) is 2.18. The van der Waals surface area contributed by atoms with Crippen LogP contribution in [0.25, 0.3) is 0 Å². The van der Waals surface area contributed by atoms with E-state index in [1.165, 1.54) is 6.92 Å². The molecule has 0 heterocycles. The largest absolute Gasteiger partial charge is 0.462 e. The standard InChI is InChI=1S/C11H12O3/c1-9(12)7-8-14-11(13)10-5-3-2-4-6-10/h2-6H,7-8H2,1H3. The lowest BCUT2D eigenvalue weighted by Gasteiger charge is -2.02. The van der Waals surface area contributed by atoms with E-state index in [2.05, 4.69) is 0 Å². The van der Waals surface area contributed by atoms with Gasteiger partial charge in [-0.05, 0) is 19.1 Å². The lowest BCUT2D eigenvalue weighted by molar-refractivity contribution is -0.117. The minimum Gasteiger partial charge on any atom is -0.462 e. The number of hydrogen-bond acceptors (Lipinski definition) is 3. The van der Waals surface area contributed by atoms with E-state index in [-0.39, 0.29) is 24.8 Å². The fourth-order valence-corrected chi connectivity index (χ4v) is 0.945. The summed E-state index contributed by atoms with van der Waals surface area (Å²) in [5, 5.41) is 0. The van der Waals surface area contributed by atoms with E-state index < -0.39 is 0 Å². The van der Waals surface area contributed by atoms with E-state index in [4.69, 9.17) is 4.74 Å². The molecule has 0 saturated carbocycles. The Balaban J connectivity index is 2.40. The molecular formula is C11H12O3. The van der Waals surface area contributed by atoms with Gasteiger partial charge in [-0.15, -0.1) is 0 Å². The van der Waals surface area contributed by atoms with Crippen LogP contribution in [0.5, 0.6) is 0 Å².